The molecule has 0 fully saturated rings. The molecule has 0 spiro atoms. The maximum Gasteiger partial charge on any atom is 0.101 e. The molecule has 0 unspecified atom stereocenters. The molecule has 92 valence electrons. The highest BCUT2D eigenvalue weighted by Gasteiger charge is 2.10. The van der Waals surface area contributed by atoms with Gasteiger partial charge in [0, 0.05) is 17.8 Å². The van der Waals surface area contributed by atoms with Crippen LogP contribution in [0.1, 0.15) is 11.1 Å². The monoisotopic (exact) mass is 267 g/mol. The summed E-state index contributed by atoms with van der Waals surface area (Å²) in [5, 5.41) is 18.6. The molecule has 2 rings (SSSR count). The zero-order chi connectivity index (χ0) is 13.8. The second kappa shape index (κ2) is 5.44. The Morgan fingerprint density at radius 1 is 1.05 bits per heavy atom. The van der Waals surface area contributed by atoms with Gasteiger partial charge in [-0.25, -0.2) is 0 Å². The Morgan fingerprint density at radius 2 is 1.84 bits per heavy atom. The number of anilines is 2. The first kappa shape index (κ1) is 13.0. The predicted molar refractivity (Wildman–Crippen MR) is 75.4 cm³/mol. The van der Waals surface area contributed by atoms with Gasteiger partial charge in [0.1, 0.15) is 6.07 Å². The molecular formula is C15H10ClN3. The van der Waals surface area contributed by atoms with Crippen LogP contribution >= 0.6 is 11.6 Å². The molecule has 2 aromatic rings. The van der Waals surface area contributed by atoms with Gasteiger partial charge in [-0.05, 0) is 36.4 Å². The molecule has 0 aliphatic rings. The first-order chi connectivity index (χ1) is 9.15. The van der Waals surface area contributed by atoms with E-state index >= 15 is 0 Å². The molecule has 4 heteroatoms. The fraction of sp³-hybridized carbons (Fsp3) is 0.0667. The van der Waals surface area contributed by atoms with E-state index in [9.17, 15) is 0 Å². The molecule has 3 nitrogen and oxygen atoms in total. The Kier molecular flexibility index (Phi) is 3.71. The lowest BCUT2D eigenvalue weighted by Crippen LogP contribution is -2.11. The highest BCUT2D eigenvalue weighted by Crippen LogP contribution is 2.29. The van der Waals surface area contributed by atoms with E-state index in [4.69, 9.17) is 22.1 Å². The van der Waals surface area contributed by atoms with Crippen LogP contribution in [0, 0.1) is 22.7 Å². The van der Waals surface area contributed by atoms with Crippen molar-refractivity contribution in [3.8, 4) is 12.1 Å². The van der Waals surface area contributed by atoms with Gasteiger partial charge in [0.15, 0.2) is 0 Å². The van der Waals surface area contributed by atoms with Crippen molar-refractivity contribution in [3.63, 3.8) is 0 Å². The van der Waals surface area contributed by atoms with Crippen LogP contribution in [0.3, 0.4) is 0 Å². The molecule has 0 aliphatic heterocycles. The summed E-state index contributed by atoms with van der Waals surface area (Å²) in [7, 11) is 1.85. The molecule has 0 amide bonds. The molecule has 0 radical (unpaired) electrons. The van der Waals surface area contributed by atoms with Crippen LogP contribution in [-0.4, -0.2) is 7.05 Å². The quantitative estimate of drug-likeness (QED) is 0.830. The maximum atomic E-state index is 9.15. The van der Waals surface area contributed by atoms with E-state index < -0.39 is 0 Å². The van der Waals surface area contributed by atoms with E-state index in [0.717, 1.165) is 11.4 Å². The third-order valence-corrected chi connectivity index (χ3v) is 3.04. The summed E-state index contributed by atoms with van der Waals surface area (Å²) in [5.41, 5.74) is 2.68. The number of halogens is 1. The maximum absolute atomic E-state index is 9.15. The smallest absolute Gasteiger partial charge is 0.101 e. The first-order valence-electron chi connectivity index (χ1n) is 5.59. The van der Waals surface area contributed by atoms with E-state index in [2.05, 4.69) is 12.1 Å². The molecule has 0 aliphatic carbocycles. The lowest BCUT2D eigenvalue weighted by Gasteiger charge is -2.21. The van der Waals surface area contributed by atoms with E-state index in [-0.39, 0.29) is 0 Å². The van der Waals surface area contributed by atoms with Crippen molar-refractivity contribution in [1.82, 2.24) is 0 Å². The van der Waals surface area contributed by atoms with Gasteiger partial charge in [0.2, 0.25) is 0 Å². The van der Waals surface area contributed by atoms with Gasteiger partial charge in [-0.3, -0.25) is 0 Å². The molecule has 0 bridgehead atoms. The van der Waals surface area contributed by atoms with Crippen molar-refractivity contribution < 1.29 is 0 Å². The van der Waals surface area contributed by atoms with Crippen molar-refractivity contribution in [1.29, 1.82) is 10.5 Å². The van der Waals surface area contributed by atoms with E-state index in [1.54, 1.807) is 30.3 Å². The van der Waals surface area contributed by atoms with Crippen LogP contribution in [-0.2, 0) is 0 Å². The highest BCUT2D eigenvalue weighted by atomic mass is 35.5. The molecule has 0 saturated heterocycles. The number of rotatable bonds is 2. The van der Waals surface area contributed by atoms with Crippen LogP contribution in [0.5, 0.6) is 0 Å². The summed E-state index contributed by atoms with van der Waals surface area (Å²) < 4.78 is 0. The van der Waals surface area contributed by atoms with Gasteiger partial charge >= 0.3 is 0 Å². The van der Waals surface area contributed by atoms with Crippen molar-refractivity contribution in [2.24, 2.45) is 0 Å². The number of nitrogens with zero attached hydrogens (tertiary/aromatic N) is 3. The summed E-state index contributed by atoms with van der Waals surface area (Å²) in [5.74, 6) is 0. The molecular weight excluding hydrogens is 258 g/mol. The van der Waals surface area contributed by atoms with Gasteiger partial charge in [0.05, 0.1) is 22.9 Å². The highest BCUT2D eigenvalue weighted by molar-refractivity contribution is 6.30. The average Bonchev–Trinajstić information content (AvgIpc) is 2.46. The third kappa shape index (κ3) is 2.68. The number of hydrogen-bond donors (Lipinski definition) is 0. The number of hydrogen-bond acceptors (Lipinski definition) is 3. The number of nitriles is 2. The Hall–Kier alpha value is -2.49. The van der Waals surface area contributed by atoms with Crippen LogP contribution in [0.2, 0.25) is 5.02 Å². The Bertz CT molecular complexity index is 695. The summed E-state index contributed by atoms with van der Waals surface area (Å²) in [6, 6.07) is 16.6. The molecule has 0 N–H and O–H groups in total. The van der Waals surface area contributed by atoms with Crippen LogP contribution < -0.4 is 4.90 Å². The van der Waals surface area contributed by atoms with Crippen LogP contribution in [0.15, 0.2) is 42.5 Å². The summed E-state index contributed by atoms with van der Waals surface area (Å²) >= 11 is 5.88. The molecule has 0 atom stereocenters. The van der Waals surface area contributed by atoms with Crippen molar-refractivity contribution in [3.05, 3.63) is 58.6 Å². The van der Waals surface area contributed by atoms with Crippen LogP contribution in [0.25, 0.3) is 0 Å². The SMILES string of the molecule is CN(c1cccc(C#N)c1)c1ccc(Cl)cc1C#N. The molecule has 0 saturated carbocycles. The fourth-order valence-electron chi connectivity index (χ4n) is 1.81. The predicted octanol–water partition coefficient (Wildman–Crippen LogP) is 3.85. The van der Waals surface area contributed by atoms with Gasteiger partial charge in [-0.1, -0.05) is 17.7 Å². The fourth-order valence-corrected chi connectivity index (χ4v) is 1.99. The lowest BCUT2D eigenvalue weighted by molar-refractivity contribution is 1.20. The number of benzene rings is 2. The second-order valence-electron chi connectivity index (χ2n) is 3.99. The largest absolute Gasteiger partial charge is 0.344 e. The second-order valence-corrected chi connectivity index (χ2v) is 4.43. The van der Waals surface area contributed by atoms with Crippen molar-refractivity contribution >= 4 is 23.0 Å². The van der Waals surface area contributed by atoms with Crippen molar-refractivity contribution in [2.75, 3.05) is 11.9 Å². The normalized spacial score (nSPS) is 9.47. The summed E-state index contributed by atoms with van der Waals surface area (Å²) in [6.45, 7) is 0. The Morgan fingerprint density at radius 3 is 2.53 bits per heavy atom. The third-order valence-electron chi connectivity index (χ3n) is 2.80. The topological polar surface area (TPSA) is 50.8 Å². The minimum absolute atomic E-state index is 0.498. The Labute approximate surface area is 116 Å². The van der Waals surface area contributed by atoms with Crippen molar-refractivity contribution in [2.45, 2.75) is 0 Å². The van der Waals surface area contributed by atoms with Gasteiger partial charge in [0.25, 0.3) is 0 Å². The standard InChI is InChI=1S/C15H10ClN3/c1-19(14-4-2-3-11(7-14)9-17)15-6-5-13(16)8-12(15)10-18/h2-8H,1H3. The molecule has 19 heavy (non-hydrogen) atoms. The van der Waals surface area contributed by atoms with E-state index in [0.29, 0.717) is 16.1 Å². The van der Waals surface area contributed by atoms with Gasteiger partial charge < -0.3 is 4.90 Å². The zero-order valence-electron chi connectivity index (χ0n) is 10.3. The molecule has 0 aromatic heterocycles. The molecule has 2 aromatic carbocycles. The first-order valence-corrected chi connectivity index (χ1v) is 5.97. The average molecular weight is 268 g/mol. The minimum Gasteiger partial charge on any atom is -0.344 e. The molecule has 0 heterocycles. The zero-order valence-corrected chi connectivity index (χ0v) is 11.0. The summed E-state index contributed by atoms with van der Waals surface area (Å²) in [4.78, 5) is 1.86. The van der Waals surface area contributed by atoms with Gasteiger partial charge in [-0.2, -0.15) is 10.5 Å². The Balaban J connectivity index is 2.47. The van der Waals surface area contributed by atoms with E-state index in [1.807, 2.05) is 24.1 Å². The van der Waals surface area contributed by atoms with Gasteiger partial charge in [-0.15, -0.1) is 0 Å². The summed E-state index contributed by atoms with van der Waals surface area (Å²) in [6.07, 6.45) is 0. The minimum atomic E-state index is 0.498. The van der Waals surface area contributed by atoms with E-state index in [1.165, 1.54) is 0 Å². The van der Waals surface area contributed by atoms with Crippen LogP contribution in [0.4, 0.5) is 11.4 Å². The lowest BCUT2D eigenvalue weighted by atomic mass is 10.1.